The summed E-state index contributed by atoms with van der Waals surface area (Å²) in [5, 5.41) is 5.66. The minimum Gasteiger partial charge on any atom is -0.326 e. The van der Waals surface area contributed by atoms with Gasteiger partial charge in [-0.2, -0.15) is 0 Å². The van der Waals surface area contributed by atoms with E-state index < -0.39 is 0 Å². The number of benzene rings is 2. The molecule has 4 rings (SSSR count). The van der Waals surface area contributed by atoms with Crippen LogP contribution in [0.25, 0.3) is 11.4 Å². The van der Waals surface area contributed by atoms with Gasteiger partial charge in [-0.05, 0) is 16.7 Å². The summed E-state index contributed by atoms with van der Waals surface area (Å²) in [7, 11) is 0. The Bertz CT molecular complexity index is 909. The van der Waals surface area contributed by atoms with Gasteiger partial charge in [0.2, 0.25) is 0 Å². The van der Waals surface area contributed by atoms with Gasteiger partial charge in [0.25, 0.3) is 11.8 Å². The maximum atomic E-state index is 12.5. The number of hydrogen-bond acceptors (Lipinski definition) is 3. The minimum absolute atomic E-state index is 0.264. The molecule has 2 aromatic rings. The first-order valence-electron chi connectivity index (χ1n) is 7.65. The smallest absolute Gasteiger partial charge is 0.258 e. The van der Waals surface area contributed by atoms with Crippen LogP contribution in [-0.4, -0.2) is 11.8 Å². The van der Waals surface area contributed by atoms with E-state index in [2.05, 4.69) is 10.6 Å². The van der Waals surface area contributed by atoms with Gasteiger partial charge >= 0.3 is 0 Å². The fraction of sp³-hybridized carbons (Fsp3) is 0.0526. The number of fused-ring (bicyclic) bond motifs is 1. The average Bonchev–Trinajstić information content (AvgIpc) is 3.15. The molecule has 0 saturated heterocycles. The number of amides is 2. The van der Waals surface area contributed by atoms with Crippen molar-refractivity contribution in [2.45, 2.75) is 6.54 Å². The van der Waals surface area contributed by atoms with Crippen LogP contribution in [0.3, 0.4) is 0 Å². The highest BCUT2D eigenvalue weighted by atomic mass is 16.2. The van der Waals surface area contributed by atoms with Crippen LogP contribution in [-0.2, 0) is 16.1 Å². The molecule has 5 nitrogen and oxygen atoms in total. The van der Waals surface area contributed by atoms with Gasteiger partial charge in [-0.15, -0.1) is 0 Å². The predicted octanol–water partition coefficient (Wildman–Crippen LogP) is 1.53. The third-order valence-electron chi connectivity index (χ3n) is 4.22. The lowest BCUT2D eigenvalue weighted by Crippen LogP contribution is -2.21. The molecule has 0 fully saturated rings. The Labute approximate surface area is 138 Å². The molecule has 0 bridgehead atoms. The number of nitrogens with one attached hydrogen (secondary N) is 2. The van der Waals surface area contributed by atoms with Gasteiger partial charge in [-0.25, -0.2) is 0 Å². The quantitative estimate of drug-likeness (QED) is 0.802. The van der Waals surface area contributed by atoms with Crippen molar-refractivity contribution < 1.29 is 9.59 Å². The lowest BCUT2D eigenvalue weighted by Gasteiger charge is -2.07. The Hall–Kier alpha value is -3.18. The van der Waals surface area contributed by atoms with Gasteiger partial charge in [-0.3, -0.25) is 9.59 Å². The summed E-state index contributed by atoms with van der Waals surface area (Å²) in [5.74, 6) is -0.528. The summed E-state index contributed by atoms with van der Waals surface area (Å²) in [6.07, 6.45) is 0. The van der Waals surface area contributed by atoms with Gasteiger partial charge in [0.15, 0.2) is 0 Å². The predicted molar refractivity (Wildman–Crippen MR) is 90.9 cm³/mol. The molecule has 2 aliphatic heterocycles. The molecule has 2 amide bonds. The van der Waals surface area contributed by atoms with E-state index in [0.29, 0.717) is 29.1 Å². The zero-order valence-corrected chi connectivity index (χ0v) is 12.8. The van der Waals surface area contributed by atoms with E-state index in [9.17, 15) is 9.59 Å². The number of carbonyl (C=O) groups excluding carboxylic acids is 2. The molecule has 2 heterocycles. The molecule has 0 atom stereocenters. The number of carbonyl (C=O) groups is 2. The van der Waals surface area contributed by atoms with E-state index in [4.69, 9.17) is 5.73 Å². The average molecular weight is 317 g/mol. The second kappa shape index (κ2) is 5.47. The van der Waals surface area contributed by atoms with Crippen molar-refractivity contribution in [2.75, 3.05) is 0 Å². The Morgan fingerprint density at radius 3 is 1.71 bits per heavy atom. The summed E-state index contributed by atoms with van der Waals surface area (Å²) in [4.78, 5) is 24.9. The van der Waals surface area contributed by atoms with Gasteiger partial charge < -0.3 is 16.4 Å². The van der Waals surface area contributed by atoms with Crippen LogP contribution < -0.4 is 16.4 Å². The summed E-state index contributed by atoms with van der Waals surface area (Å²) in [6, 6.07) is 16.9. The molecule has 118 valence electrons. The molecule has 0 saturated carbocycles. The van der Waals surface area contributed by atoms with Crippen LogP contribution in [0.5, 0.6) is 0 Å². The first kappa shape index (κ1) is 14.4. The van der Waals surface area contributed by atoms with Crippen LogP contribution in [0.15, 0.2) is 65.7 Å². The highest BCUT2D eigenvalue weighted by molar-refractivity contribution is 6.30. The SMILES string of the molecule is NCc1ccc(C2=C3C(=O)NC(c4ccccc4)=C3C(=O)N2)cc1. The molecule has 0 radical (unpaired) electrons. The molecule has 2 aromatic carbocycles. The largest absolute Gasteiger partial charge is 0.326 e. The molecular formula is C19H15N3O2. The van der Waals surface area contributed by atoms with E-state index in [-0.39, 0.29) is 11.8 Å². The molecule has 4 N–H and O–H groups in total. The van der Waals surface area contributed by atoms with Crippen molar-refractivity contribution in [1.82, 2.24) is 10.6 Å². The number of nitrogens with two attached hydrogens (primary N) is 1. The third kappa shape index (κ3) is 2.14. The molecule has 0 aromatic heterocycles. The molecule has 0 unspecified atom stereocenters. The highest BCUT2D eigenvalue weighted by Gasteiger charge is 2.40. The van der Waals surface area contributed by atoms with Crippen LogP contribution in [0.4, 0.5) is 0 Å². The van der Waals surface area contributed by atoms with Gasteiger partial charge in [0.1, 0.15) is 0 Å². The van der Waals surface area contributed by atoms with Crippen LogP contribution in [0.1, 0.15) is 16.7 Å². The normalized spacial score (nSPS) is 16.4. The Kier molecular flexibility index (Phi) is 3.29. The lowest BCUT2D eigenvalue weighted by molar-refractivity contribution is -0.117. The minimum atomic E-state index is -0.264. The Balaban J connectivity index is 1.86. The second-order valence-electron chi connectivity index (χ2n) is 5.68. The highest BCUT2D eigenvalue weighted by Crippen LogP contribution is 2.37. The maximum absolute atomic E-state index is 12.5. The van der Waals surface area contributed by atoms with Crippen molar-refractivity contribution >= 4 is 23.2 Å². The fourth-order valence-electron chi connectivity index (χ4n) is 3.03. The van der Waals surface area contributed by atoms with E-state index >= 15 is 0 Å². The van der Waals surface area contributed by atoms with Crippen molar-refractivity contribution in [3.8, 4) is 0 Å². The summed E-state index contributed by atoms with van der Waals surface area (Å²) < 4.78 is 0. The molecule has 0 aliphatic carbocycles. The van der Waals surface area contributed by atoms with Crippen LogP contribution in [0, 0.1) is 0 Å². The fourth-order valence-corrected chi connectivity index (χ4v) is 3.03. The van der Waals surface area contributed by atoms with Crippen LogP contribution in [0.2, 0.25) is 0 Å². The van der Waals surface area contributed by atoms with Crippen molar-refractivity contribution in [3.63, 3.8) is 0 Å². The third-order valence-corrected chi connectivity index (χ3v) is 4.22. The summed E-state index contributed by atoms with van der Waals surface area (Å²) in [5.41, 5.74) is 10.1. The first-order valence-corrected chi connectivity index (χ1v) is 7.65. The second-order valence-corrected chi connectivity index (χ2v) is 5.68. The summed E-state index contributed by atoms with van der Waals surface area (Å²) >= 11 is 0. The molecule has 5 heteroatoms. The van der Waals surface area contributed by atoms with Crippen LogP contribution >= 0.6 is 0 Å². The van der Waals surface area contributed by atoms with Crippen molar-refractivity contribution in [2.24, 2.45) is 5.73 Å². The van der Waals surface area contributed by atoms with Crippen molar-refractivity contribution in [1.29, 1.82) is 0 Å². The number of hydrogen-bond donors (Lipinski definition) is 3. The Morgan fingerprint density at radius 2 is 1.21 bits per heavy atom. The van der Waals surface area contributed by atoms with Gasteiger partial charge in [-0.1, -0.05) is 54.6 Å². The molecule has 24 heavy (non-hydrogen) atoms. The molecular weight excluding hydrogens is 302 g/mol. The van der Waals surface area contributed by atoms with E-state index in [1.54, 1.807) is 0 Å². The monoisotopic (exact) mass is 317 g/mol. The zero-order valence-electron chi connectivity index (χ0n) is 12.8. The molecule has 2 aliphatic rings. The lowest BCUT2D eigenvalue weighted by atomic mass is 10.0. The maximum Gasteiger partial charge on any atom is 0.258 e. The Morgan fingerprint density at radius 1 is 0.708 bits per heavy atom. The van der Waals surface area contributed by atoms with E-state index in [1.165, 1.54) is 0 Å². The zero-order chi connectivity index (χ0) is 16.7. The van der Waals surface area contributed by atoms with E-state index in [0.717, 1.165) is 16.7 Å². The van der Waals surface area contributed by atoms with Crippen molar-refractivity contribution in [3.05, 3.63) is 82.4 Å². The molecule has 0 spiro atoms. The summed E-state index contributed by atoms with van der Waals surface area (Å²) in [6.45, 7) is 0.447. The number of rotatable bonds is 3. The first-order chi connectivity index (χ1) is 11.7. The standard InChI is InChI=1S/C19H15N3O2/c20-10-11-6-8-13(9-7-11)17-15-14(18(23)22-17)16(21-19(15)24)12-4-2-1-3-5-12/h1-9H,10,20H2,(H,21,24)(H,22,23). The van der Waals surface area contributed by atoms with Gasteiger partial charge in [0, 0.05) is 6.54 Å². The van der Waals surface area contributed by atoms with E-state index in [1.807, 2.05) is 54.6 Å². The van der Waals surface area contributed by atoms with Gasteiger partial charge in [0.05, 0.1) is 22.5 Å². The topological polar surface area (TPSA) is 84.2 Å².